The molecule has 0 aliphatic heterocycles. The molecule has 0 aromatic heterocycles. The van der Waals surface area contributed by atoms with Gasteiger partial charge in [-0.2, -0.15) is 0 Å². The zero-order chi connectivity index (χ0) is 23.7. The van der Waals surface area contributed by atoms with Crippen LogP contribution in [0.15, 0.2) is 77.8 Å². The Morgan fingerprint density at radius 2 is 1.30 bits per heavy atom. The Hall–Kier alpha value is -4.14. The Morgan fingerprint density at radius 1 is 0.788 bits per heavy atom. The lowest BCUT2D eigenvalue weighted by atomic mass is 10.2. The first kappa shape index (κ1) is 25.1. The summed E-state index contributed by atoms with van der Waals surface area (Å²) in [5.74, 6) is -0.462. The number of hydrogen-bond donors (Lipinski definition) is 2. The second kappa shape index (κ2) is 14.8. The molecule has 0 atom stereocenters. The van der Waals surface area contributed by atoms with Gasteiger partial charge in [0.05, 0.1) is 0 Å². The van der Waals surface area contributed by atoms with Crippen LogP contribution in [0, 0.1) is 0 Å². The van der Waals surface area contributed by atoms with E-state index in [0.717, 1.165) is 11.1 Å². The van der Waals surface area contributed by atoms with E-state index in [2.05, 4.69) is 15.6 Å². The smallest absolute Gasteiger partial charge is 0.414 e. The number of benzene rings is 2. The van der Waals surface area contributed by atoms with Gasteiger partial charge in [-0.25, -0.2) is 9.59 Å². The number of carbonyl (C=O) groups excluding carboxylic acids is 3. The van der Waals surface area contributed by atoms with Crippen molar-refractivity contribution in [2.24, 2.45) is 4.99 Å². The Bertz CT molecular complexity index is 886. The average molecular weight is 453 g/mol. The maximum atomic E-state index is 12.2. The second-order valence-electron chi connectivity index (χ2n) is 6.67. The Kier molecular flexibility index (Phi) is 11.3. The monoisotopic (exact) mass is 453 g/mol. The van der Waals surface area contributed by atoms with E-state index in [1.807, 2.05) is 60.7 Å². The highest BCUT2D eigenvalue weighted by Gasteiger charge is 2.12. The van der Waals surface area contributed by atoms with E-state index >= 15 is 0 Å². The summed E-state index contributed by atoms with van der Waals surface area (Å²) >= 11 is 0. The number of aliphatic imine (C=N–C) groups is 1. The molecule has 0 saturated heterocycles. The predicted molar refractivity (Wildman–Crippen MR) is 122 cm³/mol. The zero-order valence-electron chi connectivity index (χ0n) is 18.4. The summed E-state index contributed by atoms with van der Waals surface area (Å²) in [6, 6.07) is 18.4. The number of nitrogens with zero attached hydrogens (tertiary/aromatic N) is 1. The molecule has 0 heterocycles. The SMILES string of the molecule is CC(=O)OC/C=C\CCN=C(NC(=O)OCc1ccccc1)NC(=O)OCc1ccccc1. The van der Waals surface area contributed by atoms with Gasteiger partial charge < -0.3 is 14.2 Å². The quantitative estimate of drug-likeness (QED) is 0.149. The summed E-state index contributed by atoms with van der Waals surface area (Å²) in [5, 5.41) is 4.83. The van der Waals surface area contributed by atoms with Gasteiger partial charge in [0.1, 0.15) is 19.8 Å². The van der Waals surface area contributed by atoms with Crippen molar-refractivity contribution in [3.8, 4) is 0 Å². The molecule has 0 fully saturated rings. The highest BCUT2D eigenvalue weighted by molar-refractivity contribution is 6.01. The van der Waals surface area contributed by atoms with Crippen LogP contribution >= 0.6 is 0 Å². The van der Waals surface area contributed by atoms with Crippen molar-refractivity contribution in [1.82, 2.24) is 10.6 Å². The topological polar surface area (TPSA) is 115 Å². The van der Waals surface area contributed by atoms with Crippen LogP contribution in [0.25, 0.3) is 0 Å². The maximum absolute atomic E-state index is 12.2. The molecule has 0 saturated carbocycles. The lowest BCUT2D eigenvalue weighted by Gasteiger charge is -2.11. The number of hydrogen-bond acceptors (Lipinski definition) is 7. The molecule has 0 radical (unpaired) electrons. The van der Waals surface area contributed by atoms with Gasteiger partial charge in [-0.15, -0.1) is 0 Å². The summed E-state index contributed by atoms with van der Waals surface area (Å²) in [5.41, 5.74) is 1.64. The van der Waals surface area contributed by atoms with Gasteiger partial charge >= 0.3 is 18.2 Å². The highest BCUT2D eigenvalue weighted by Crippen LogP contribution is 2.02. The van der Waals surface area contributed by atoms with Gasteiger partial charge in [0, 0.05) is 13.5 Å². The van der Waals surface area contributed by atoms with E-state index in [4.69, 9.17) is 14.2 Å². The molecule has 0 bridgehead atoms. The number of amides is 2. The summed E-state index contributed by atoms with van der Waals surface area (Å²) in [6.45, 7) is 1.88. The zero-order valence-corrected chi connectivity index (χ0v) is 18.4. The van der Waals surface area contributed by atoms with Crippen LogP contribution in [0.5, 0.6) is 0 Å². The Labute approximate surface area is 192 Å². The molecule has 0 spiro atoms. The summed E-state index contributed by atoms with van der Waals surface area (Å²) in [4.78, 5) is 39.2. The minimum Gasteiger partial charge on any atom is -0.462 e. The fourth-order valence-corrected chi connectivity index (χ4v) is 2.42. The Morgan fingerprint density at radius 3 is 1.79 bits per heavy atom. The number of guanidine groups is 1. The molecule has 0 aliphatic rings. The van der Waals surface area contributed by atoms with Gasteiger partial charge in [0.2, 0.25) is 5.96 Å². The third kappa shape index (κ3) is 11.7. The maximum Gasteiger partial charge on any atom is 0.414 e. The average Bonchev–Trinajstić information content (AvgIpc) is 2.82. The van der Waals surface area contributed by atoms with E-state index in [1.54, 1.807) is 12.2 Å². The molecule has 0 aliphatic carbocycles. The first-order valence-electron chi connectivity index (χ1n) is 10.3. The van der Waals surface area contributed by atoms with E-state index in [9.17, 15) is 14.4 Å². The van der Waals surface area contributed by atoms with Gasteiger partial charge in [-0.3, -0.25) is 20.4 Å². The summed E-state index contributed by atoms with van der Waals surface area (Å²) in [6.07, 6.45) is 2.40. The molecule has 33 heavy (non-hydrogen) atoms. The number of alkyl carbamates (subject to hydrolysis) is 2. The third-order valence-electron chi connectivity index (χ3n) is 3.98. The largest absolute Gasteiger partial charge is 0.462 e. The van der Waals surface area contributed by atoms with Crippen molar-refractivity contribution < 1.29 is 28.6 Å². The molecule has 2 rings (SSSR count). The molecule has 2 aromatic rings. The molecule has 174 valence electrons. The van der Waals surface area contributed by atoms with E-state index < -0.39 is 12.2 Å². The number of esters is 1. The van der Waals surface area contributed by atoms with Crippen molar-refractivity contribution in [2.45, 2.75) is 26.6 Å². The van der Waals surface area contributed by atoms with E-state index in [1.165, 1.54) is 6.92 Å². The van der Waals surface area contributed by atoms with Crippen molar-refractivity contribution in [3.63, 3.8) is 0 Å². The van der Waals surface area contributed by atoms with Gasteiger partial charge in [0.25, 0.3) is 0 Å². The van der Waals surface area contributed by atoms with Crippen molar-refractivity contribution >= 4 is 24.1 Å². The van der Waals surface area contributed by atoms with Crippen molar-refractivity contribution in [2.75, 3.05) is 13.2 Å². The molecule has 2 N–H and O–H groups in total. The molecular weight excluding hydrogens is 426 g/mol. The summed E-state index contributed by atoms with van der Waals surface area (Å²) < 4.78 is 15.1. The first-order chi connectivity index (χ1) is 16.0. The number of nitrogens with one attached hydrogen (secondary N) is 2. The van der Waals surface area contributed by atoms with Crippen LogP contribution in [0.2, 0.25) is 0 Å². The van der Waals surface area contributed by atoms with Gasteiger partial charge in [-0.1, -0.05) is 72.8 Å². The molecule has 9 heteroatoms. The number of ether oxygens (including phenoxy) is 3. The van der Waals surface area contributed by atoms with E-state index in [-0.39, 0.29) is 38.3 Å². The van der Waals surface area contributed by atoms with E-state index in [0.29, 0.717) is 6.42 Å². The minimum absolute atomic E-state index is 0.0668. The van der Waals surface area contributed by atoms with Crippen LogP contribution in [-0.2, 0) is 32.2 Å². The molecule has 9 nitrogen and oxygen atoms in total. The molecular formula is C24H27N3O6. The van der Waals surface area contributed by atoms with Crippen molar-refractivity contribution in [1.29, 1.82) is 0 Å². The fraction of sp³-hybridized carbons (Fsp3) is 0.250. The third-order valence-corrected chi connectivity index (χ3v) is 3.98. The summed E-state index contributed by atoms with van der Waals surface area (Å²) in [7, 11) is 0. The first-order valence-corrected chi connectivity index (χ1v) is 10.3. The number of rotatable bonds is 9. The molecule has 0 unspecified atom stereocenters. The van der Waals surface area contributed by atoms with Crippen LogP contribution in [0.4, 0.5) is 9.59 Å². The van der Waals surface area contributed by atoms with Gasteiger partial charge in [0.15, 0.2) is 0 Å². The molecule has 2 aromatic carbocycles. The van der Waals surface area contributed by atoms with Gasteiger partial charge in [-0.05, 0) is 17.5 Å². The lowest BCUT2D eigenvalue weighted by molar-refractivity contribution is -0.139. The molecule has 2 amide bonds. The van der Waals surface area contributed by atoms with Crippen LogP contribution < -0.4 is 10.6 Å². The standard InChI is InChI=1S/C24H27N3O6/c1-19(28)31-16-10-4-9-15-25-22(26-23(29)32-17-20-11-5-2-6-12-20)27-24(30)33-18-21-13-7-3-8-14-21/h2-8,10-14H,9,15-18H2,1H3,(H2,25,26,27,29,30)/b10-4-. The fourth-order valence-electron chi connectivity index (χ4n) is 2.42. The van der Waals surface area contributed by atoms with Crippen LogP contribution in [0.1, 0.15) is 24.5 Å². The predicted octanol–water partition coefficient (Wildman–Crippen LogP) is 3.70. The van der Waals surface area contributed by atoms with Crippen LogP contribution in [-0.4, -0.2) is 37.3 Å². The second-order valence-corrected chi connectivity index (χ2v) is 6.67. The Balaban J connectivity index is 1.87. The van der Waals surface area contributed by atoms with Crippen molar-refractivity contribution in [3.05, 3.63) is 83.9 Å². The number of carbonyl (C=O) groups is 3. The van der Waals surface area contributed by atoms with Crippen LogP contribution in [0.3, 0.4) is 0 Å². The highest BCUT2D eigenvalue weighted by atomic mass is 16.6. The normalized spacial score (nSPS) is 10.2. The minimum atomic E-state index is -0.772. The lowest BCUT2D eigenvalue weighted by Crippen LogP contribution is -2.44.